The standard InChI is InChI=1S/C20H38N4O3/c1-5-22-18(25)20(2,3)15-23-19(21-4)24-11-9-16(10-12-24)27-14-17-8-6-7-13-26-17/h16-17H,5-15H2,1-4H3,(H,21,23)(H,22,25). The van der Waals surface area contributed by atoms with Crippen LogP contribution < -0.4 is 10.6 Å². The summed E-state index contributed by atoms with van der Waals surface area (Å²) in [6.07, 6.45) is 6.12. The molecule has 0 aliphatic carbocycles. The average molecular weight is 383 g/mol. The van der Waals surface area contributed by atoms with Gasteiger partial charge in [0.1, 0.15) is 0 Å². The molecule has 2 rings (SSSR count). The van der Waals surface area contributed by atoms with Crippen molar-refractivity contribution in [2.24, 2.45) is 10.4 Å². The fourth-order valence-corrected chi connectivity index (χ4v) is 3.53. The molecule has 0 spiro atoms. The van der Waals surface area contributed by atoms with Crippen LogP contribution in [0.2, 0.25) is 0 Å². The van der Waals surface area contributed by atoms with Gasteiger partial charge in [-0.05, 0) is 52.9 Å². The van der Waals surface area contributed by atoms with Gasteiger partial charge in [-0.15, -0.1) is 0 Å². The SMILES string of the molecule is CCNC(=O)C(C)(C)CNC(=NC)N1CCC(OCC2CCCCO2)CC1. The van der Waals surface area contributed by atoms with E-state index in [0.29, 0.717) is 19.2 Å². The number of hydrogen-bond acceptors (Lipinski definition) is 4. The Morgan fingerprint density at radius 1 is 1.22 bits per heavy atom. The van der Waals surface area contributed by atoms with E-state index in [2.05, 4.69) is 20.5 Å². The zero-order valence-electron chi connectivity index (χ0n) is 17.6. The molecule has 1 amide bonds. The molecule has 0 aromatic heterocycles. The first-order valence-corrected chi connectivity index (χ1v) is 10.4. The third kappa shape index (κ3) is 6.96. The van der Waals surface area contributed by atoms with E-state index in [1.807, 2.05) is 20.8 Å². The van der Waals surface area contributed by atoms with Crippen molar-refractivity contribution in [2.75, 3.05) is 46.4 Å². The highest BCUT2D eigenvalue weighted by atomic mass is 16.5. The van der Waals surface area contributed by atoms with E-state index >= 15 is 0 Å². The quantitative estimate of drug-likeness (QED) is 0.518. The van der Waals surface area contributed by atoms with E-state index in [1.165, 1.54) is 12.8 Å². The topological polar surface area (TPSA) is 75.2 Å². The molecular formula is C20H38N4O3. The minimum atomic E-state index is -0.479. The lowest BCUT2D eigenvalue weighted by atomic mass is 9.92. The number of guanidine groups is 1. The number of nitrogens with one attached hydrogen (secondary N) is 2. The highest BCUT2D eigenvalue weighted by Gasteiger charge is 2.29. The van der Waals surface area contributed by atoms with Crippen LogP contribution in [0.25, 0.3) is 0 Å². The predicted molar refractivity (Wildman–Crippen MR) is 108 cm³/mol. The zero-order chi connectivity index (χ0) is 19.7. The number of carbonyl (C=O) groups excluding carboxylic acids is 1. The molecule has 27 heavy (non-hydrogen) atoms. The van der Waals surface area contributed by atoms with Gasteiger partial charge in [-0.3, -0.25) is 9.79 Å². The molecule has 156 valence electrons. The monoisotopic (exact) mass is 382 g/mol. The molecule has 0 aromatic carbocycles. The summed E-state index contributed by atoms with van der Waals surface area (Å²) in [4.78, 5) is 18.8. The summed E-state index contributed by atoms with van der Waals surface area (Å²) in [6.45, 7) is 10.5. The lowest BCUT2D eigenvalue weighted by molar-refractivity contribution is -0.128. The number of carbonyl (C=O) groups is 1. The van der Waals surface area contributed by atoms with Crippen LogP contribution >= 0.6 is 0 Å². The van der Waals surface area contributed by atoms with Crippen LogP contribution in [-0.2, 0) is 14.3 Å². The fourth-order valence-electron chi connectivity index (χ4n) is 3.53. The molecule has 2 aliphatic rings. The Morgan fingerprint density at radius 3 is 2.56 bits per heavy atom. The molecule has 2 fully saturated rings. The van der Waals surface area contributed by atoms with Gasteiger partial charge in [-0.1, -0.05) is 0 Å². The number of likely N-dealkylation sites (tertiary alicyclic amines) is 1. The fraction of sp³-hybridized carbons (Fsp3) is 0.900. The molecule has 2 saturated heterocycles. The van der Waals surface area contributed by atoms with Crippen molar-refractivity contribution in [3.63, 3.8) is 0 Å². The van der Waals surface area contributed by atoms with Crippen LogP contribution in [0.15, 0.2) is 4.99 Å². The summed E-state index contributed by atoms with van der Waals surface area (Å²) in [5, 5.41) is 6.27. The maximum Gasteiger partial charge on any atom is 0.227 e. The normalized spacial score (nSPS) is 22.6. The molecule has 0 aromatic rings. The van der Waals surface area contributed by atoms with Crippen LogP contribution in [0, 0.1) is 5.41 Å². The van der Waals surface area contributed by atoms with Gasteiger partial charge in [-0.25, -0.2) is 0 Å². The number of hydrogen-bond donors (Lipinski definition) is 2. The van der Waals surface area contributed by atoms with Crippen molar-refractivity contribution in [3.8, 4) is 0 Å². The van der Waals surface area contributed by atoms with Crippen LogP contribution in [0.3, 0.4) is 0 Å². The Labute approximate surface area is 164 Å². The van der Waals surface area contributed by atoms with Gasteiger partial charge in [0.2, 0.25) is 5.91 Å². The van der Waals surface area contributed by atoms with Crippen molar-refractivity contribution < 1.29 is 14.3 Å². The number of nitrogens with zero attached hydrogens (tertiary/aromatic N) is 2. The third-order valence-electron chi connectivity index (χ3n) is 5.39. The van der Waals surface area contributed by atoms with Crippen molar-refractivity contribution in [2.45, 2.75) is 65.1 Å². The number of rotatable bonds is 7. The highest BCUT2D eigenvalue weighted by Crippen LogP contribution is 2.18. The summed E-state index contributed by atoms with van der Waals surface area (Å²) in [5.74, 6) is 0.923. The number of aliphatic imine (C=N–C) groups is 1. The van der Waals surface area contributed by atoms with Gasteiger partial charge in [0, 0.05) is 39.8 Å². The molecule has 2 heterocycles. The van der Waals surface area contributed by atoms with E-state index in [1.54, 1.807) is 7.05 Å². The molecule has 0 bridgehead atoms. The third-order valence-corrected chi connectivity index (χ3v) is 5.39. The minimum absolute atomic E-state index is 0.0602. The van der Waals surface area contributed by atoms with Crippen molar-refractivity contribution in [3.05, 3.63) is 0 Å². The Morgan fingerprint density at radius 2 is 1.96 bits per heavy atom. The lowest BCUT2D eigenvalue weighted by Crippen LogP contribution is -2.51. The first kappa shape index (κ1) is 22.0. The van der Waals surface area contributed by atoms with Gasteiger partial charge in [0.05, 0.1) is 24.2 Å². The van der Waals surface area contributed by atoms with Gasteiger partial charge in [0.25, 0.3) is 0 Å². The molecular weight excluding hydrogens is 344 g/mol. The molecule has 7 heteroatoms. The van der Waals surface area contributed by atoms with Crippen LogP contribution in [0.5, 0.6) is 0 Å². The van der Waals surface area contributed by atoms with E-state index in [-0.39, 0.29) is 12.0 Å². The van der Waals surface area contributed by atoms with Crippen molar-refractivity contribution in [1.82, 2.24) is 15.5 Å². The smallest absolute Gasteiger partial charge is 0.227 e. The highest BCUT2D eigenvalue weighted by molar-refractivity contribution is 5.84. The van der Waals surface area contributed by atoms with Gasteiger partial charge in [0.15, 0.2) is 5.96 Å². The summed E-state index contributed by atoms with van der Waals surface area (Å²) in [5.41, 5.74) is -0.479. The second kappa shape index (κ2) is 10.9. The number of amides is 1. The van der Waals surface area contributed by atoms with Crippen LogP contribution in [0.1, 0.15) is 52.9 Å². The maximum absolute atomic E-state index is 12.2. The summed E-state index contributed by atoms with van der Waals surface area (Å²) in [6, 6.07) is 0. The number of ether oxygens (including phenoxy) is 2. The van der Waals surface area contributed by atoms with Crippen LogP contribution in [-0.4, -0.2) is 75.4 Å². The second-order valence-corrected chi connectivity index (χ2v) is 8.15. The predicted octanol–water partition coefficient (Wildman–Crippen LogP) is 1.77. The lowest BCUT2D eigenvalue weighted by Gasteiger charge is -2.36. The Balaban J connectivity index is 1.72. The Kier molecular flexibility index (Phi) is 8.83. The van der Waals surface area contributed by atoms with E-state index in [0.717, 1.165) is 51.5 Å². The average Bonchev–Trinajstić information content (AvgIpc) is 2.68. The van der Waals surface area contributed by atoms with Crippen molar-refractivity contribution >= 4 is 11.9 Å². The maximum atomic E-state index is 12.2. The van der Waals surface area contributed by atoms with E-state index < -0.39 is 5.41 Å². The minimum Gasteiger partial charge on any atom is -0.376 e. The summed E-state index contributed by atoms with van der Waals surface area (Å²) >= 11 is 0. The van der Waals surface area contributed by atoms with Gasteiger partial charge in [-0.2, -0.15) is 0 Å². The Bertz CT molecular complexity index is 482. The molecule has 2 N–H and O–H groups in total. The number of piperidine rings is 1. The zero-order valence-corrected chi connectivity index (χ0v) is 17.6. The largest absolute Gasteiger partial charge is 0.376 e. The molecule has 1 atom stereocenters. The Hall–Kier alpha value is -1.34. The molecule has 0 radical (unpaired) electrons. The summed E-state index contributed by atoms with van der Waals surface area (Å²) in [7, 11) is 1.80. The van der Waals surface area contributed by atoms with Crippen molar-refractivity contribution in [1.29, 1.82) is 0 Å². The van der Waals surface area contributed by atoms with E-state index in [4.69, 9.17) is 9.47 Å². The van der Waals surface area contributed by atoms with Gasteiger partial charge < -0.3 is 25.0 Å². The summed E-state index contributed by atoms with van der Waals surface area (Å²) < 4.78 is 11.8. The second-order valence-electron chi connectivity index (χ2n) is 8.15. The van der Waals surface area contributed by atoms with Crippen LogP contribution in [0.4, 0.5) is 0 Å². The first-order valence-electron chi connectivity index (χ1n) is 10.4. The molecule has 0 saturated carbocycles. The molecule has 2 aliphatic heterocycles. The van der Waals surface area contributed by atoms with Gasteiger partial charge >= 0.3 is 0 Å². The molecule has 1 unspecified atom stereocenters. The first-order chi connectivity index (χ1) is 13.0. The van der Waals surface area contributed by atoms with E-state index in [9.17, 15) is 4.79 Å². The molecule has 7 nitrogen and oxygen atoms in total.